The molecule has 0 heterocycles. The van der Waals surface area contributed by atoms with Crippen LogP contribution in [-0.4, -0.2) is 37.2 Å². The predicted molar refractivity (Wildman–Crippen MR) is 242 cm³/mol. The Kier molecular flexibility index (Phi) is 42.1. The SMILES string of the molecule is CC/C=C\C/C=C\C/C=C\C/C=C\C/C=C\CCC(=O)OCC(COC(=O)C/C=C\C/C=C\C/C=C\CC)OC(=O)CCCCCCCCCCCCCCCC. The molecule has 0 aromatic heterocycles. The summed E-state index contributed by atoms with van der Waals surface area (Å²) in [6.45, 7) is 6.22. The van der Waals surface area contributed by atoms with Crippen molar-refractivity contribution in [3.8, 4) is 0 Å². The second kappa shape index (κ2) is 45.0. The highest BCUT2D eigenvalue weighted by atomic mass is 16.6. The van der Waals surface area contributed by atoms with Crippen molar-refractivity contribution in [2.24, 2.45) is 0 Å². The molecule has 0 spiro atoms. The minimum Gasteiger partial charge on any atom is -0.462 e. The number of carbonyl (C=O) groups excluding carboxylic acids is 3. The molecular formula is C51H82O6. The number of rotatable bonds is 39. The third kappa shape index (κ3) is 43.3. The molecule has 0 saturated carbocycles. The molecule has 0 aliphatic heterocycles. The normalized spacial score (nSPS) is 13.0. The van der Waals surface area contributed by atoms with Gasteiger partial charge in [-0.15, -0.1) is 0 Å². The Labute approximate surface area is 349 Å². The van der Waals surface area contributed by atoms with Gasteiger partial charge in [0.25, 0.3) is 0 Å². The van der Waals surface area contributed by atoms with Crippen molar-refractivity contribution in [1.29, 1.82) is 0 Å². The lowest BCUT2D eigenvalue weighted by atomic mass is 10.0. The molecule has 57 heavy (non-hydrogen) atoms. The molecule has 0 aliphatic rings. The summed E-state index contributed by atoms with van der Waals surface area (Å²) >= 11 is 0. The summed E-state index contributed by atoms with van der Waals surface area (Å²) in [5.41, 5.74) is 0. The number of ether oxygens (including phenoxy) is 3. The molecular weight excluding hydrogens is 709 g/mol. The third-order valence-corrected chi connectivity index (χ3v) is 9.13. The van der Waals surface area contributed by atoms with Gasteiger partial charge in [-0.05, 0) is 64.2 Å². The molecule has 6 heteroatoms. The fourth-order valence-electron chi connectivity index (χ4n) is 5.79. The molecule has 6 nitrogen and oxygen atoms in total. The first-order valence-electron chi connectivity index (χ1n) is 22.7. The van der Waals surface area contributed by atoms with Gasteiger partial charge in [-0.2, -0.15) is 0 Å². The number of carbonyl (C=O) groups is 3. The van der Waals surface area contributed by atoms with Crippen LogP contribution in [0.3, 0.4) is 0 Å². The first kappa shape index (κ1) is 53.3. The van der Waals surface area contributed by atoms with Crippen molar-refractivity contribution in [2.45, 2.75) is 194 Å². The zero-order chi connectivity index (χ0) is 41.5. The molecule has 0 aromatic rings. The smallest absolute Gasteiger partial charge is 0.309 e. The number of esters is 3. The van der Waals surface area contributed by atoms with Gasteiger partial charge in [0.05, 0.1) is 6.42 Å². The van der Waals surface area contributed by atoms with Crippen LogP contribution in [0.1, 0.15) is 188 Å². The summed E-state index contributed by atoms with van der Waals surface area (Å²) in [4.78, 5) is 37.6. The molecule has 1 unspecified atom stereocenters. The lowest BCUT2D eigenvalue weighted by Gasteiger charge is -2.18. The van der Waals surface area contributed by atoms with Gasteiger partial charge in [0.15, 0.2) is 6.10 Å². The van der Waals surface area contributed by atoms with Gasteiger partial charge < -0.3 is 14.2 Å². The maximum absolute atomic E-state index is 12.7. The summed E-state index contributed by atoms with van der Waals surface area (Å²) in [6.07, 6.45) is 58.7. The molecule has 0 amide bonds. The topological polar surface area (TPSA) is 78.9 Å². The zero-order valence-electron chi connectivity index (χ0n) is 36.6. The highest BCUT2D eigenvalue weighted by Gasteiger charge is 2.19. The zero-order valence-corrected chi connectivity index (χ0v) is 36.6. The molecule has 0 aliphatic carbocycles. The van der Waals surface area contributed by atoms with Crippen molar-refractivity contribution in [3.05, 3.63) is 97.2 Å². The van der Waals surface area contributed by atoms with E-state index < -0.39 is 12.1 Å². The van der Waals surface area contributed by atoms with Gasteiger partial charge in [-0.1, -0.05) is 201 Å². The lowest BCUT2D eigenvalue weighted by Crippen LogP contribution is -2.30. The number of allylic oxidation sites excluding steroid dienone is 15. The van der Waals surface area contributed by atoms with Gasteiger partial charge in [0.2, 0.25) is 0 Å². The van der Waals surface area contributed by atoms with E-state index in [0.29, 0.717) is 12.8 Å². The fraction of sp³-hybridized carbons (Fsp3) is 0.627. The Morgan fingerprint density at radius 3 is 1.19 bits per heavy atom. The minimum atomic E-state index is -0.839. The van der Waals surface area contributed by atoms with Crippen molar-refractivity contribution < 1.29 is 28.6 Å². The molecule has 0 bridgehead atoms. The van der Waals surface area contributed by atoms with Gasteiger partial charge in [0, 0.05) is 12.8 Å². The van der Waals surface area contributed by atoms with Crippen molar-refractivity contribution >= 4 is 17.9 Å². The van der Waals surface area contributed by atoms with E-state index in [-0.39, 0.29) is 38.0 Å². The summed E-state index contributed by atoms with van der Waals surface area (Å²) in [5, 5.41) is 0. The molecule has 0 fully saturated rings. The van der Waals surface area contributed by atoms with Crippen LogP contribution in [0.15, 0.2) is 97.2 Å². The molecule has 0 aromatic carbocycles. The fourth-order valence-corrected chi connectivity index (χ4v) is 5.79. The highest BCUT2D eigenvalue weighted by molar-refractivity contribution is 5.72. The summed E-state index contributed by atoms with van der Waals surface area (Å²) < 4.78 is 16.5. The van der Waals surface area contributed by atoms with Crippen LogP contribution in [0.4, 0.5) is 0 Å². The van der Waals surface area contributed by atoms with Crippen LogP contribution in [0.5, 0.6) is 0 Å². The van der Waals surface area contributed by atoms with E-state index in [1.165, 1.54) is 70.6 Å². The Bertz CT molecular complexity index is 1180. The Morgan fingerprint density at radius 2 is 0.754 bits per heavy atom. The van der Waals surface area contributed by atoms with E-state index in [0.717, 1.165) is 70.6 Å². The van der Waals surface area contributed by atoms with E-state index in [1.807, 2.05) is 18.2 Å². The van der Waals surface area contributed by atoms with E-state index >= 15 is 0 Å². The van der Waals surface area contributed by atoms with Crippen LogP contribution in [0.2, 0.25) is 0 Å². The minimum absolute atomic E-state index is 0.121. The van der Waals surface area contributed by atoms with E-state index in [2.05, 4.69) is 93.7 Å². The van der Waals surface area contributed by atoms with Crippen LogP contribution < -0.4 is 0 Å². The third-order valence-electron chi connectivity index (χ3n) is 9.13. The highest BCUT2D eigenvalue weighted by Crippen LogP contribution is 2.14. The predicted octanol–water partition coefficient (Wildman–Crippen LogP) is 14.6. The van der Waals surface area contributed by atoms with Crippen LogP contribution in [0.25, 0.3) is 0 Å². The Hall–Kier alpha value is -3.67. The molecule has 0 rings (SSSR count). The lowest BCUT2D eigenvalue weighted by molar-refractivity contribution is -0.166. The quantitative estimate of drug-likeness (QED) is 0.0267. The van der Waals surface area contributed by atoms with Crippen molar-refractivity contribution in [3.63, 3.8) is 0 Å². The average Bonchev–Trinajstić information content (AvgIpc) is 3.21. The largest absolute Gasteiger partial charge is 0.462 e. The monoisotopic (exact) mass is 791 g/mol. The second-order valence-electron chi connectivity index (χ2n) is 14.6. The number of hydrogen-bond acceptors (Lipinski definition) is 6. The standard InChI is InChI=1S/C51H82O6/c1-4-7-10-13-16-19-21-23-25-26-28-29-32-35-38-41-44-50(53)56-47-48(46-55-49(52)43-40-37-34-31-18-15-12-9-6-3)57-51(54)45-42-39-36-33-30-27-24-22-20-17-14-11-8-5-2/h7,9-10,12,16,18-19,23,25,28-29,31,35,37-38,40,48H,4-6,8,11,13-15,17,20-22,24,26-27,30,32-34,36,39,41-47H2,1-3H3/b10-7-,12-9-,19-16-,25-23-,29-28-,31-18-,38-35-,40-37-. The van der Waals surface area contributed by atoms with Crippen LogP contribution >= 0.6 is 0 Å². The van der Waals surface area contributed by atoms with Gasteiger partial charge in [-0.3, -0.25) is 14.4 Å². The van der Waals surface area contributed by atoms with Gasteiger partial charge in [-0.25, -0.2) is 0 Å². The Morgan fingerprint density at radius 1 is 0.386 bits per heavy atom. The maximum atomic E-state index is 12.7. The first-order chi connectivity index (χ1) is 28.0. The van der Waals surface area contributed by atoms with E-state index in [4.69, 9.17) is 14.2 Å². The van der Waals surface area contributed by atoms with E-state index in [1.54, 1.807) is 6.08 Å². The van der Waals surface area contributed by atoms with Gasteiger partial charge in [0.1, 0.15) is 13.2 Å². The first-order valence-corrected chi connectivity index (χ1v) is 22.7. The molecule has 322 valence electrons. The number of unbranched alkanes of at least 4 members (excludes halogenated alkanes) is 13. The molecule has 0 radical (unpaired) electrons. The summed E-state index contributed by atoms with van der Waals surface area (Å²) in [6, 6.07) is 0. The van der Waals surface area contributed by atoms with E-state index in [9.17, 15) is 14.4 Å². The summed E-state index contributed by atoms with van der Waals surface area (Å²) in [7, 11) is 0. The average molecular weight is 791 g/mol. The maximum Gasteiger partial charge on any atom is 0.309 e. The van der Waals surface area contributed by atoms with Crippen LogP contribution in [-0.2, 0) is 28.6 Å². The van der Waals surface area contributed by atoms with Crippen molar-refractivity contribution in [2.75, 3.05) is 13.2 Å². The second-order valence-corrected chi connectivity index (χ2v) is 14.6. The summed E-state index contributed by atoms with van der Waals surface area (Å²) in [5.74, 6) is -1.15. The molecule has 0 saturated heterocycles. The molecule has 1 atom stereocenters. The molecule has 0 N–H and O–H groups in total. The number of hydrogen-bond donors (Lipinski definition) is 0. The van der Waals surface area contributed by atoms with Gasteiger partial charge >= 0.3 is 17.9 Å². The Balaban J connectivity index is 4.54. The van der Waals surface area contributed by atoms with Crippen LogP contribution in [0, 0.1) is 0 Å². The van der Waals surface area contributed by atoms with Crippen molar-refractivity contribution in [1.82, 2.24) is 0 Å².